The average molecular weight is 347 g/mol. The number of amides is 2. The summed E-state index contributed by atoms with van der Waals surface area (Å²) < 4.78 is 5.25. The van der Waals surface area contributed by atoms with E-state index in [0.29, 0.717) is 28.6 Å². The van der Waals surface area contributed by atoms with Gasteiger partial charge in [-0.1, -0.05) is 23.7 Å². The van der Waals surface area contributed by atoms with E-state index in [1.165, 1.54) is 14.0 Å². The van der Waals surface area contributed by atoms with Crippen LogP contribution in [0.5, 0.6) is 5.75 Å². The van der Waals surface area contributed by atoms with Crippen LogP contribution >= 0.6 is 11.6 Å². The SMILES string of the molecule is COc1cc(Cl)c(C)cc1NC(=O)c1ccc(CNC(C)=O)cc1. The molecule has 0 radical (unpaired) electrons. The quantitative estimate of drug-likeness (QED) is 0.870. The number of carbonyl (C=O) groups is 2. The third kappa shape index (κ3) is 4.49. The number of rotatable bonds is 5. The Morgan fingerprint density at radius 1 is 1.17 bits per heavy atom. The number of nitrogens with one attached hydrogen (secondary N) is 2. The molecule has 126 valence electrons. The van der Waals surface area contributed by atoms with Gasteiger partial charge in [0.1, 0.15) is 5.75 Å². The highest BCUT2D eigenvalue weighted by Crippen LogP contribution is 2.31. The van der Waals surface area contributed by atoms with E-state index in [1.807, 2.05) is 6.92 Å². The maximum absolute atomic E-state index is 12.4. The first-order valence-electron chi connectivity index (χ1n) is 7.39. The molecule has 0 saturated heterocycles. The van der Waals surface area contributed by atoms with Crippen LogP contribution in [0.3, 0.4) is 0 Å². The molecule has 2 rings (SSSR count). The van der Waals surface area contributed by atoms with Crippen LogP contribution in [0.2, 0.25) is 5.02 Å². The fourth-order valence-corrected chi connectivity index (χ4v) is 2.28. The van der Waals surface area contributed by atoms with Crippen molar-refractivity contribution in [1.29, 1.82) is 0 Å². The molecule has 0 aliphatic heterocycles. The minimum absolute atomic E-state index is 0.0953. The van der Waals surface area contributed by atoms with Crippen LogP contribution in [0.4, 0.5) is 5.69 Å². The number of ether oxygens (including phenoxy) is 1. The highest BCUT2D eigenvalue weighted by molar-refractivity contribution is 6.31. The van der Waals surface area contributed by atoms with Crippen LogP contribution in [0.1, 0.15) is 28.4 Å². The highest BCUT2D eigenvalue weighted by Gasteiger charge is 2.12. The zero-order valence-electron chi connectivity index (χ0n) is 13.8. The number of aryl methyl sites for hydroxylation is 1. The molecule has 0 bridgehead atoms. The minimum Gasteiger partial charge on any atom is -0.495 e. The first-order valence-corrected chi connectivity index (χ1v) is 7.77. The van der Waals surface area contributed by atoms with Crippen LogP contribution in [-0.2, 0) is 11.3 Å². The third-order valence-electron chi connectivity index (χ3n) is 3.49. The standard InChI is InChI=1S/C18H19ClN2O3/c1-11-8-16(17(24-3)9-15(11)19)21-18(23)14-6-4-13(5-7-14)10-20-12(2)22/h4-9H,10H2,1-3H3,(H,20,22)(H,21,23). The van der Waals surface area contributed by atoms with E-state index in [4.69, 9.17) is 16.3 Å². The predicted octanol–water partition coefficient (Wildman–Crippen LogP) is 3.55. The van der Waals surface area contributed by atoms with Gasteiger partial charge in [0.05, 0.1) is 12.8 Å². The van der Waals surface area contributed by atoms with E-state index < -0.39 is 0 Å². The third-order valence-corrected chi connectivity index (χ3v) is 3.89. The van der Waals surface area contributed by atoms with Gasteiger partial charge in [0, 0.05) is 30.1 Å². The van der Waals surface area contributed by atoms with Gasteiger partial charge in [-0.05, 0) is 36.2 Å². The highest BCUT2D eigenvalue weighted by atomic mass is 35.5. The number of hydrogen-bond donors (Lipinski definition) is 2. The van der Waals surface area contributed by atoms with Crippen molar-refractivity contribution in [2.75, 3.05) is 12.4 Å². The number of hydrogen-bond acceptors (Lipinski definition) is 3. The molecule has 0 heterocycles. The van der Waals surface area contributed by atoms with Crippen molar-refractivity contribution >= 4 is 29.1 Å². The van der Waals surface area contributed by atoms with Crippen molar-refractivity contribution in [2.45, 2.75) is 20.4 Å². The second-order valence-corrected chi connectivity index (χ2v) is 5.77. The Hall–Kier alpha value is -2.53. The van der Waals surface area contributed by atoms with Crippen molar-refractivity contribution in [3.8, 4) is 5.75 Å². The van der Waals surface area contributed by atoms with Gasteiger partial charge < -0.3 is 15.4 Å². The number of benzene rings is 2. The van der Waals surface area contributed by atoms with Crippen LogP contribution in [0, 0.1) is 6.92 Å². The fourth-order valence-electron chi connectivity index (χ4n) is 2.12. The Kier molecular flexibility index (Phi) is 5.82. The minimum atomic E-state index is -0.249. The molecule has 0 atom stereocenters. The van der Waals surface area contributed by atoms with E-state index in [-0.39, 0.29) is 11.8 Å². The molecule has 2 aromatic rings. The molecular weight excluding hydrogens is 328 g/mol. The maximum Gasteiger partial charge on any atom is 0.255 e. The summed E-state index contributed by atoms with van der Waals surface area (Å²) in [7, 11) is 1.52. The van der Waals surface area contributed by atoms with E-state index >= 15 is 0 Å². The normalized spacial score (nSPS) is 10.2. The zero-order chi connectivity index (χ0) is 17.7. The summed E-state index contributed by atoms with van der Waals surface area (Å²) in [5.41, 5.74) is 2.84. The van der Waals surface area contributed by atoms with Gasteiger partial charge in [-0.25, -0.2) is 0 Å². The molecule has 2 aromatic carbocycles. The van der Waals surface area contributed by atoms with E-state index in [1.54, 1.807) is 36.4 Å². The molecule has 5 nitrogen and oxygen atoms in total. The topological polar surface area (TPSA) is 67.4 Å². The molecule has 2 N–H and O–H groups in total. The molecule has 0 unspecified atom stereocenters. The summed E-state index contributed by atoms with van der Waals surface area (Å²) in [6.45, 7) is 3.75. The second-order valence-electron chi connectivity index (χ2n) is 5.36. The Morgan fingerprint density at radius 3 is 2.42 bits per heavy atom. The van der Waals surface area contributed by atoms with Gasteiger partial charge >= 0.3 is 0 Å². The summed E-state index contributed by atoms with van der Waals surface area (Å²) in [4.78, 5) is 23.3. The van der Waals surface area contributed by atoms with Crippen molar-refractivity contribution in [3.05, 3.63) is 58.1 Å². The molecular formula is C18H19ClN2O3. The van der Waals surface area contributed by atoms with Crippen molar-refractivity contribution in [3.63, 3.8) is 0 Å². The summed E-state index contributed by atoms with van der Waals surface area (Å²) in [5.74, 6) is 0.157. The summed E-state index contributed by atoms with van der Waals surface area (Å²) in [5, 5.41) is 6.11. The Bertz CT molecular complexity index is 758. The molecule has 6 heteroatoms. The number of anilines is 1. The Labute approximate surface area is 146 Å². The summed E-state index contributed by atoms with van der Waals surface area (Å²) in [6.07, 6.45) is 0. The van der Waals surface area contributed by atoms with Crippen LogP contribution in [0.25, 0.3) is 0 Å². The molecule has 0 aromatic heterocycles. The lowest BCUT2D eigenvalue weighted by Crippen LogP contribution is -2.19. The monoisotopic (exact) mass is 346 g/mol. The van der Waals surface area contributed by atoms with Crippen LogP contribution in [0.15, 0.2) is 36.4 Å². The largest absolute Gasteiger partial charge is 0.495 e. The molecule has 0 spiro atoms. The molecule has 24 heavy (non-hydrogen) atoms. The van der Waals surface area contributed by atoms with Crippen LogP contribution < -0.4 is 15.4 Å². The lowest BCUT2D eigenvalue weighted by Gasteiger charge is -2.12. The smallest absolute Gasteiger partial charge is 0.255 e. The lowest BCUT2D eigenvalue weighted by atomic mass is 10.1. The van der Waals surface area contributed by atoms with Crippen molar-refractivity contribution in [2.24, 2.45) is 0 Å². The molecule has 0 saturated carbocycles. The van der Waals surface area contributed by atoms with Gasteiger partial charge in [-0.3, -0.25) is 9.59 Å². The second kappa shape index (κ2) is 7.84. The number of methoxy groups -OCH3 is 1. The molecule has 2 amide bonds. The van der Waals surface area contributed by atoms with Crippen molar-refractivity contribution < 1.29 is 14.3 Å². The van der Waals surface area contributed by atoms with Gasteiger partial charge in [0.2, 0.25) is 5.91 Å². The van der Waals surface area contributed by atoms with E-state index in [0.717, 1.165) is 11.1 Å². The molecule has 0 aliphatic carbocycles. The van der Waals surface area contributed by atoms with Gasteiger partial charge in [-0.2, -0.15) is 0 Å². The Morgan fingerprint density at radius 2 is 1.83 bits per heavy atom. The maximum atomic E-state index is 12.4. The first-order chi connectivity index (χ1) is 11.4. The lowest BCUT2D eigenvalue weighted by molar-refractivity contribution is -0.119. The molecule has 0 fully saturated rings. The van der Waals surface area contributed by atoms with Gasteiger partial charge in [0.15, 0.2) is 0 Å². The fraction of sp³-hybridized carbons (Fsp3) is 0.222. The summed E-state index contributed by atoms with van der Waals surface area (Å²) in [6, 6.07) is 10.5. The number of carbonyl (C=O) groups excluding carboxylic acids is 2. The van der Waals surface area contributed by atoms with Crippen molar-refractivity contribution in [1.82, 2.24) is 5.32 Å². The Balaban J connectivity index is 2.12. The van der Waals surface area contributed by atoms with E-state index in [9.17, 15) is 9.59 Å². The number of halogens is 1. The van der Waals surface area contributed by atoms with Gasteiger partial charge in [0.25, 0.3) is 5.91 Å². The van der Waals surface area contributed by atoms with Gasteiger partial charge in [-0.15, -0.1) is 0 Å². The van der Waals surface area contributed by atoms with E-state index in [2.05, 4.69) is 10.6 Å². The average Bonchev–Trinajstić information content (AvgIpc) is 2.56. The predicted molar refractivity (Wildman–Crippen MR) is 94.7 cm³/mol. The van der Waals surface area contributed by atoms with Crippen LogP contribution in [-0.4, -0.2) is 18.9 Å². The zero-order valence-corrected chi connectivity index (χ0v) is 14.5. The summed E-state index contributed by atoms with van der Waals surface area (Å²) >= 11 is 6.06. The first kappa shape index (κ1) is 17.8. The molecule has 0 aliphatic rings.